The second-order valence-electron chi connectivity index (χ2n) is 2.57. The number of nitrogens with one attached hydrogen (secondary N) is 1. The highest BCUT2D eigenvalue weighted by molar-refractivity contribution is 6.20. The molecule has 0 aromatic heterocycles. The van der Waals surface area contributed by atoms with Gasteiger partial charge in [0.2, 0.25) is 0 Å². The summed E-state index contributed by atoms with van der Waals surface area (Å²) in [6, 6.07) is 8.16. The van der Waals surface area contributed by atoms with Crippen LogP contribution in [0.1, 0.15) is 16.6 Å². The van der Waals surface area contributed by atoms with Gasteiger partial charge in [-0.15, -0.1) is 11.6 Å². The van der Waals surface area contributed by atoms with Crippen LogP contribution in [0.15, 0.2) is 24.3 Å². The lowest BCUT2D eigenvalue weighted by Crippen LogP contribution is -2.09. The quantitative estimate of drug-likeness (QED) is 0.530. The molecule has 60 valence electrons. The number of hydrogen-bond acceptors (Lipinski definition) is 1. The van der Waals surface area contributed by atoms with Crippen LogP contribution < -0.4 is 5.32 Å². The van der Waals surface area contributed by atoms with E-state index < -0.39 is 0 Å². The summed E-state index contributed by atoms with van der Waals surface area (Å²) >= 11 is 5.95. The molecule has 1 unspecified atom stereocenters. The topological polar surface area (TPSA) is 12.0 Å². The summed E-state index contributed by atoms with van der Waals surface area (Å²) in [7, 11) is 1.85. The molecule has 0 heterocycles. The Balaban J connectivity index is 2.86. The van der Waals surface area contributed by atoms with E-state index in [1.165, 1.54) is 5.56 Å². The molecule has 1 aromatic rings. The first-order chi connectivity index (χ1) is 5.24. The third kappa shape index (κ3) is 2.21. The lowest BCUT2D eigenvalue weighted by atomic mass is 10.1. The van der Waals surface area contributed by atoms with Gasteiger partial charge < -0.3 is 5.32 Å². The van der Waals surface area contributed by atoms with E-state index in [0.717, 1.165) is 5.56 Å². The Bertz CT molecular complexity index is 235. The predicted octanol–water partition coefficient (Wildman–Crippen LogP) is 2.45. The van der Waals surface area contributed by atoms with Crippen LogP contribution in [0, 0.1) is 6.92 Å². The van der Waals surface area contributed by atoms with Crippen molar-refractivity contribution in [3.05, 3.63) is 35.4 Å². The summed E-state index contributed by atoms with van der Waals surface area (Å²) in [6.45, 7) is 2.06. The zero-order valence-electron chi connectivity index (χ0n) is 6.76. The summed E-state index contributed by atoms with van der Waals surface area (Å²) in [6.07, 6.45) is 0. The molecule has 0 saturated heterocycles. The van der Waals surface area contributed by atoms with Gasteiger partial charge in [-0.25, -0.2) is 0 Å². The van der Waals surface area contributed by atoms with Crippen molar-refractivity contribution in [3.8, 4) is 0 Å². The van der Waals surface area contributed by atoms with Crippen LogP contribution in [0.2, 0.25) is 0 Å². The summed E-state index contributed by atoms with van der Waals surface area (Å²) in [5, 5.41) is 2.97. The van der Waals surface area contributed by atoms with E-state index in [1.54, 1.807) is 0 Å². The molecule has 1 N–H and O–H groups in total. The van der Waals surface area contributed by atoms with E-state index in [4.69, 9.17) is 11.6 Å². The maximum Gasteiger partial charge on any atom is 0.108 e. The fourth-order valence-corrected chi connectivity index (χ4v) is 1.13. The Hall–Kier alpha value is -0.530. The molecule has 0 fully saturated rings. The van der Waals surface area contributed by atoms with E-state index in [0.29, 0.717) is 0 Å². The van der Waals surface area contributed by atoms with Crippen LogP contribution in [0.3, 0.4) is 0 Å². The van der Waals surface area contributed by atoms with Crippen LogP contribution in [0.25, 0.3) is 0 Å². The van der Waals surface area contributed by atoms with Crippen molar-refractivity contribution in [2.75, 3.05) is 7.05 Å². The molecular weight excluding hydrogens is 158 g/mol. The molecule has 0 spiro atoms. The van der Waals surface area contributed by atoms with E-state index in [9.17, 15) is 0 Å². The fourth-order valence-electron chi connectivity index (χ4n) is 0.994. The van der Waals surface area contributed by atoms with Crippen LogP contribution in [-0.2, 0) is 0 Å². The minimum atomic E-state index is -0.0742. The van der Waals surface area contributed by atoms with Gasteiger partial charge in [0.25, 0.3) is 0 Å². The van der Waals surface area contributed by atoms with Gasteiger partial charge in [-0.3, -0.25) is 0 Å². The largest absolute Gasteiger partial charge is 0.301 e. The molecule has 1 atom stereocenters. The van der Waals surface area contributed by atoms with Gasteiger partial charge >= 0.3 is 0 Å². The highest BCUT2D eigenvalue weighted by Crippen LogP contribution is 2.16. The van der Waals surface area contributed by atoms with Gasteiger partial charge in [0.05, 0.1) is 0 Å². The smallest absolute Gasteiger partial charge is 0.108 e. The average Bonchev–Trinajstić information content (AvgIpc) is 2.03. The number of halogens is 1. The summed E-state index contributed by atoms with van der Waals surface area (Å²) in [5.74, 6) is 0. The highest BCUT2D eigenvalue weighted by Gasteiger charge is 2.02. The number of rotatable bonds is 2. The van der Waals surface area contributed by atoms with E-state index in [-0.39, 0.29) is 5.50 Å². The molecule has 0 aliphatic heterocycles. The minimum absolute atomic E-state index is 0.0742. The summed E-state index contributed by atoms with van der Waals surface area (Å²) < 4.78 is 0. The Morgan fingerprint density at radius 3 is 2.73 bits per heavy atom. The second kappa shape index (κ2) is 3.74. The first-order valence-corrected chi connectivity index (χ1v) is 4.05. The first-order valence-electron chi connectivity index (χ1n) is 3.62. The average molecular weight is 170 g/mol. The van der Waals surface area contributed by atoms with Gasteiger partial charge in [0, 0.05) is 0 Å². The standard InChI is InChI=1S/C9H12ClN/c1-7-4-3-5-8(6-7)9(10)11-2/h3-6,9,11H,1-2H3. The van der Waals surface area contributed by atoms with E-state index >= 15 is 0 Å². The van der Waals surface area contributed by atoms with Crippen LogP contribution >= 0.6 is 11.6 Å². The number of alkyl halides is 1. The van der Waals surface area contributed by atoms with Crippen molar-refractivity contribution in [1.82, 2.24) is 5.32 Å². The van der Waals surface area contributed by atoms with Crippen molar-refractivity contribution < 1.29 is 0 Å². The van der Waals surface area contributed by atoms with Crippen molar-refractivity contribution in [2.24, 2.45) is 0 Å². The zero-order chi connectivity index (χ0) is 8.27. The Morgan fingerprint density at radius 2 is 2.18 bits per heavy atom. The van der Waals surface area contributed by atoms with Gasteiger partial charge in [0.1, 0.15) is 5.50 Å². The molecule has 1 rings (SSSR count). The molecule has 0 aliphatic carbocycles. The molecule has 0 bridgehead atoms. The van der Waals surface area contributed by atoms with Crippen LogP contribution in [-0.4, -0.2) is 7.05 Å². The molecule has 0 amide bonds. The third-order valence-corrected chi connectivity index (χ3v) is 2.06. The normalized spacial score (nSPS) is 13.0. The maximum atomic E-state index is 5.95. The van der Waals surface area contributed by atoms with Crippen molar-refractivity contribution in [3.63, 3.8) is 0 Å². The van der Waals surface area contributed by atoms with Crippen LogP contribution in [0.5, 0.6) is 0 Å². The van der Waals surface area contributed by atoms with Gasteiger partial charge in [-0.2, -0.15) is 0 Å². The highest BCUT2D eigenvalue weighted by atomic mass is 35.5. The summed E-state index contributed by atoms with van der Waals surface area (Å²) in [5.41, 5.74) is 2.28. The number of hydrogen-bond donors (Lipinski definition) is 1. The van der Waals surface area contributed by atoms with E-state index in [2.05, 4.69) is 24.4 Å². The zero-order valence-corrected chi connectivity index (χ0v) is 7.52. The lowest BCUT2D eigenvalue weighted by molar-refractivity contribution is 0.783. The van der Waals surface area contributed by atoms with Crippen molar-refractivity contribution in [2.45, 2.75) is 12.4 Å². The van der Waals surface area contributed by atoms with Gasteiger partial charge in [-0.05, 0) is 19.5 Å². The molecule has 11 heavy (non-hydrogen) atoms. The lowest BCUT2D eigenvalue weighted by Gasteiger charge is -2.07. The molecule has 0 aliphatic rings. The van der Waals surface area contributed by atoms with Crippen LogP contribution in [0.4, 0.5) is 0 Å². The second-order valence-corrected chi connectivity index (χ2v) is 3.00. The van der Waals surface area contributed by atoms with E-state index in [1.807, 2.05) is 19.2 Å². The predicted molar refractivity (Wildman–Crippen MR) is 48.8 cm³/mol. The SMILES string of the molecule is CNC(Cl)c1cccc(C)c1. The van der Waals surface area contributed by atoms with Crippen molar-refractivity contribution in [1.29, 1.82) is 0 Å². The van der Waals surface area contributed by atoms with Crippen molar-refractivity contribution >= 4 is 11.6 Å². The van der Waals surface area contributed by atoms with Gasteiger partial charge in [0.15, 0.2) is 0 Å². The monoisotopic (exact) mass is 169 g/mol. The molecule has 0 saturated carbocycles. The Kier molecular flexibility index (Phi) is 2.92. The summed E-state index contributed by atoms with van der Waals surface area (Å²) in [4.78, 5) is 0. The minimum Gasteiger partial charge on any atom is -0.301 e. The van der Waals surface area contributed by atoms with Gasteiger partial charge in [-0.1, -0.05) is 29.8 Å². The number of benzene rings is 1. The first kappa shape index (κ1) is 8.57. The Labute approximate surface area is 72.4 Å². The molecule has 1 nitrogen and oxygen atoms in total. The molecule has 2 heteroatoms. The molecule has 1 aromatic carbocycles. The third-order valence-electron chi connectivity index (χ3n) is 1.59. The fraction of sp³-hybridized carbons (Fsp3) is 0.333. The maximum absolute atomic E-state index is 5.95. The number of aryl methyl sites for hydroxylation is 1. The molecule has 0 radical (unpaired) electrons. The Morgan fingerprint density at radius 1 is 1.45 bits per heavy atom. The molecular formula is C9H12ClN.